The number of nitrogens with one attached hydrogen (secondary N) is 2. The summed E-state index contributed by atoms with van der Waals surface area (Å²) in [6.45, 7) is 5.64. The molecule has 0 saturated carbocycles. The normalized spacial score (nSPS) is 13.5. The lowest BCUT2D eigenvalue weighted by Crippen LogP contribution is -2.37. The number of aryl methyl sites for hydroxylation is 1. The molecule has 43 heavy (non-hydrogen) atoms. The van der Waals surface area contributed by atoms with Gasteiger partial charge in [0.05, 0.1) is 25.3 Å². The Balaban J connectivity index is 1.31. The van der Waals surface area contributed by atoms with Crippen LogP contribution in [0.4, 0.5) is 16.6 Å². The van der Waals surface area contributed by atoms with Crippen molar-refractivity contribution in [2.45, 2.75) is 26.0 Å². The molecule has 5 rings (SSSR count). The second kappa shape index (κ2) is 14.9. The van der Waals surface area contributed by atoms with Crippen LogP contribution in [0.25, 0.3) is 11.0 Å². The molecule has 0 unspecified atom stereocenters. The number of imidazole rings is 1. The second-order valence-corrected chi connectivity index (χ2v) is 10.0. The molecule has 226 valence electrons. The highest BCUT2D eigenvalue weighted by Crippen LogP contribution is 2.32. The van der Waals surface area contributed by atoms with Crippen LogP contribution in [0.5, 0.6) is 5.75 Å². The third kappa shape index (κ3) is 8.40. The minimum Gasteiger partial charge on any atom is -0.491 e. The Bertz CT molecular complexity index is 1490. The number of hydrogen-bond donors (Lipinski definition) is 3. The molecule has 4 aromatic rings. The van der Waals surface area contributed by atoms with E-state index < -0.39 is 12.0 Å². The van der Waals surface area contributed by atoms with Crippen molar-refractivity contribution in [3.63, 3.8) is 0 Å². The topological polar surface area (TPSA) is 159 Å². The largest absolute Gasteiger partial charge is 0.491 e. The van der Waals surface area contributed by atoms with Gasteiger partial charge in [-0.25, -0.2) is 9.78 Å². The van der Waals surface area contributed by atoms with Gasteiger partial charge in [-0.15, -0.1) is 5.10 Å². The summed E-state index contributed by atoms with van der Waals surface area (Å²) >= 11 is 0. The maximum absolute atomic E-state index is 12.3. The predicted octanol–water partition coefficient (Wildman–Crippen LogP) is 3.09. The van der Waals surface area contributed by atoms with Crippen LogP contribution in [0.15, 0.2) is 60.8 Å². The molecular weight excluding hydrogens is 552 g/mol. The van der Waals surface area contributed by atoms with Gasteiger partial charge in [-0.1, -0.05) is 30.3 Å². The van der Waals surface area contributed by atoms with Crippen molar-refractivity contribution in [2.24, 2.45) is 5.73 Å². The number of morpholine rings is 1. The summed E-state index contributed by atoms with van der Waals surface area (Å²) in [5.74, 6) is 0.922. The van der Waals surface area contributed by atoms with E-state index in [0.29, 0.717) is 60.2 Å². The number of amides is 2. The molecule has 13 heteroatoms. The number of fused-ring (bicyclic) bond motifs is 1. The fourth-order valence-corrected chi connectivity index (χ4v) is 4.77. The van der Waals surface area contributed by atoms with E-state index in [1.54, 1.807) is 30.5 Å². The summed E-state index contributed by atoms with van der Waals surface area (Å²) in [4.78, 5) is 31.5. The Labute approximate surface area is 249 Å². The van der Waals surface area contributed by atoms with E-state index in [0.717, 1.165) is 44.8 Å². The van der Waals surface area contributed by atoms with Gasteiger partial charge in [-0.2, -0.15) is 5.10 Å². The number of alkyl carbamates (subject to hydrolysis) is 1. The highest BCUT2D eigenvalue weighted by molar-refractivity contribution is 5.99. The second-order valence-electron chi connectivity index (χ2n) is 10.0. The van der Waals surface area contributed by atoms with Gasteiger partial charge in [-0.3, -0.25) is 9.69 Å². The van der Waals surface area contributed by atoms with Gasteiger partial charge >= 0.3 is 6.09 Å². The van der Waals surface area contributed by atoms with E-state index in [1.807, 2.05) is 34.9 Å². The van der Waals surface area contributed by atoms with Crippen molar-refractivity contribution in [1.29, 1.82) is 0 Å². The Morgan fingerprint density at radius 3 is 2.63 bits per heavy atom. The van der Waals surface area contributed by atoms with Crippen LogP contribution in [0.1, 0.15) is 28.8 Å². The molecule has 0 bridgehead atoms. The summed E-state index contributed by atoms with van der Waals surface area (Å²) in [6, 6.07) is 16.3. The van der Waals surface area contributed by atoms with Crippen LogP contribution < -0.4 is 21.1 Å². The summed E-state index contributed by atoms with van der Waals surface area (Å²) in [6.07, 6.45) is 2.46. The lowest BCUT2D eigenvalue weighted by molar-refractivity contribution is 0.0358. The predicted molar refractivity (Wildman–Crippen MR) is 160 cm³/mol. The van der Waals surface area contributed by atoms with Gasteiger partial charge in [0.25, 0.3) is 0 Å². The number of benzene rings is 2. The van der Waals surface area contributed by atoms with E-state index in [4.69, 9.17) is 24.9 Å². The first kappa shape index (κ1) is 29.7. The van der Waals surface area contributed by atoms with Crippen molar-refractivity contribution in [2.75, 3.05) is 51.3 Å². The number of hydrogen-bond acceptors (Lipinski definition) is 10. The molecule has 0 atom stereocenters. The Kier molecular flexibility index (Phi) is 10.3. The quantitative estimate of drug-likeness (QED) is 0.187. The van der Waals surface area contributed by atoms with Crippen molar-refractivity contribution >= 4 is 34.8 Å². The van der Waals surface area contributed by atoms with Crippen LogP contribution in [0, 0.1) is 0 Å². The minimum atomic E-state index is -0.573. The highest BCUT2D eigenvalue weighted by Gasteiger charge is 2.19. The van der Waals surface area contributed by atoms with E-state index in [-0.39, 0.29) is 6.61 Å². The Morgan fingerprint density at radius 1 is 1.02 bits per heavy atom. The maximum Gasteiger partial charge on any atom is 0.407 e. The molecule has 3 heterocycles. The monoisotopic (exact) mass is 588 g/mol. The number of carbonyl (C=O) groups excluding carboxylic acids is 2. The van der Waals surface area contributed by atoms with E-state index >= 15 is 0 Å². The molecule has 13 nitrogen and oxygen atoms in total. The van der Waals surface area contributed by atoms with Gasteiger partial charge in [0.1, 0.15) is 17.9 Å². The molecule has 0 spiro atoms. The molecule has 2 aromatic carbocycles. The van der Waals surface area contributed by atoms with Crippen molar-refractivity contribution < 1.29 is 23.8 Å². The fourth-order valence-electron chi connectivity index (χ4n) is 4.77. The zero-order valence-electron chi connectivity index (χ0n) is 23.9. The SMILES string of the molecule is NC(=O)c1cc(OCCCN2CCOCC2)c2c(c1)nc(Nc1cccnn1)n2CCCNC(=O)OCc1ccccc1. The number of carbonyl (C=O) groups is 2. The standard InChI is InChI=1S/C30H36N8O5/c31-28(39)23-19-24-27(25(20-23)42-16-6-12-37-14-17-41-18-15-37)38(29(34-24)35-26-9-4-11-33-36-26)13-5-10-32-30(40)43-21-22-7-2-1-3-8-22/h1-4,7-9,11,19-20H,5-6,10,12-18,21H2,(H2,31,39)(H,32,40)(H,34,35,36). The molecule has 1 saturated heterocycles. The molecule has 4 N–H and O–H groups in total. The zero-order chi connectivity index (χ0) is 29.9. The lowest BCUT2D eigenvalue weighted by atomic mass is 10.1. The van der Waals surface area contributed by atoms with Gasteiger partial charge in [0, 0.05) is 44.5 Å². The van der Waals surface area contributed by atoms with Crippen LogP contribution >= 0.6 is 0 Å². The number of primary amides is 1. The molecule has 1 aliphatic rings. The van der Waals surface area contributed by atoms with E-state index in [2.05, 4.69) is 25.7 Å². The average molecular weight is 589 g/mol. The maximum atomic E-state index is 12.3. The van der Waals surface area contributed by atoms with Gasteiger partial charge in [0.15, 0.2) is 5.82 Å². The van der Waals surface area contributed by atoms with Crippen LogP contribution in [0.3, 0.4) is 0 Å². The summed E-state index contributed by atoms with van der Waals surface area (Å²) in [5.41, 5.74) is 8.11. The first-order valence-electron chi connectivity index (χ1n) is 14.3. The third-order valence-electron chi connectivity index (χ3n) is 6.92. The number of rotatable bonds is 14. The van der Waals surface area contributed by atoms with Gasteiger partial charge < -0.3 is 35.1 Å². The van der Waals surface area contributed by atoms with Gasteiger partial charge in [-0.05, 0) is 42.7 Å². The molecule has 1 fully saturated rings. The lowest BCUT2D eigenvalue weighted by Gasteiger charge is -2.26. The fraction of sp³-hybridized carbons (Fsp3) is 0.367. The molecule has 0 aliphatic carbocycles. The van der Waals surface area contributed by atoms with Crippen LogP contribution in [0.2, 0.25) is 0 Å². The molecular formula is C30H36N8O5. The van der Waals surface area contributed by atoms with Gasteiger partial charge in [0.2, 0.25) is 11.9 Å². The van der Waals surface area contributed by atoms with Crippen LogP contribution in [-0.4, -0.2) is 82.6 Å². The Morgan fingerprint density at radius 2 is 1.86 bits per heavy atom. The molecule has 2 aromatic heterocycles. The summed E-state index contributed by atoms with van der Waals surface area (Å²) in [5, 5.41) is 14.1. The molecule has 1 aliphatic heterocycles. The van der Waals surface area contributed by atoms with E-state index in [9.17, 15) is 9.59 Å². The highest BCUT2D eigenvalue weighted by atomic mass is 16.5. The average Bonchev–Trinajstić information content (AvgIpc) is 3.38. The van der Waals surface area contributed by atoms with Crippen molar-refractivity contribution in [3.8, 4) is 5.75 Å². The Hall–Kier alpha value is -4.75. The smallest absolute Gasteiger partial charge is 0.407 e. The summed E-state index contributed by atoms with van der Waals surface area (Å²) < 4.78 is 19.0. The van der Waals surface area contributed by atoms with Crippen molar-refractivity contribution in [3.05, 3.63) is 71.9 Å². The summed E-state index contributed by atoms with van der Waals surface area (Å²) in [7, 11) is 0. The number of ether oxygens (including phenoxy) is 3. The first-order chi connectivity index (χ1) is 21.1. The minimum absolute atomic E-state index is 0.194. The zero-order valence-corrected chi connectivity index (χ0v) is 23.9. The van der Waals surface area contributed by atoms with Crippen molar-refractivity contribution in [1.82, 2.24) is 30.0 Å². The molecule has 0 radical (unpaired) electrons. The first-order valence-corrected chi connectivity index (χ1v) is 14.3. The number of nitrogens with zero attached hydrogens (tertiary/aromatic N) is 5. The number of aromatic nitrogens is 4. The number of anilines is 2. The third-order valence-corrected chi connectivity index (χ3v) is 6.92. The van der Waals surface area contributed by atoms with E-state index in [1.165, 1.54) is 0 Å². The number of nitrogens with two attached hydrogens (primary N) is 1. The molecule has 2 amide bonds. The van der Waals surface area contributed by atoms with Crippen LogP contribution in [-0.2, 0) is 22.6 Å².